The number of carbonyl (C=O) groups is 1. The van der Waals surface area contributed by atoms with Crippen LogP contribution in [0.5, 0.6) is 0 Å². The monoisotopic (exact) mass is 308 g/mol. The smallest absolute Gasteiger partial charge is 0.249 e. The molecule has 2 heterocycles. The van der Waals surface area contributed by atoms with Gasteiger partial charge in [-0.25, -0.2) is 4.98 Å². The lowest BCUT2D eigenvalue weighted by molar-refractivity contribution is -0.139. The van der Waals surface area contributed by atoms with Gasteiger partial charge in [0.1, 0.15) is 12.4 Å². The molecule has 0 spiro atoms. The molecule has 0 aromatic carbocycles. The molecule has 1 amide bonds. The molecule has 0 fully saturated rings. The highest BCUT2D eigenvalue weighted by atomic mass is 16.5. The zero-order chi connectivity index (χ0) is 16.3. The van der Waals surface area contributed by atoms with Crippen LogP contribution in [0, 0.1) is 0 Å². The van der Waals surface area contributed by atoms with E-state index in [0.717, 1.165) is 25.5 Å². The third-order valence-corrected chi connectivity index (χ3v) is 4.42. The fraction of sp³-hybridized carbons (Fsp3) is 0.750. The maximum Gasteiger partial charge on any atom is 0.249 e. The Morgan fingerprint density at radius 2 is 2.23 bits per heavy atom. The van der Waals surface area contributed by atoms with Gasteiger partial charge in [0.25, 0.3) is 0 Å². The molecule has 22 heavy (non-hydrogen) atoms. The minimum Gasteiger partial charge on any atom is -0.372 e. The fourth-order valence-corrected chi connectivity index (χ4v) is 2.74. The van der Waals surface area contributed by atoms with Gasteiger partial charge in [-0.05, 0) is 34.7 Å². The van der Waals surface area contributed by atoms with Crippen molar-refractivity contribution in [3.63, 3.8) is 0 Å². The van der Waals surface area contributed by atoms with Crippen LogP contribution < -0.4 is 0 Å². The van der Waals surface area contributed by atoms with Gasteiger partial charge in [-0.2, -0.15) is 0 Å². The normalized spacial score (nSPS) is 18.1. The summed E-state index contributed by atoms with van der Waals surface area (Å²) in [5.74, 6) is 1.02. The van der Waals surface area contributed by atoms with Crippen molar-refractivity contribution in [2.24, 2.45) is 0 Å². The van der Waals surface area contributed by atoms with Crippen molar-refractivity contribution < 1.29 is 9.53 Å². The highest BCUT2D eigenvalue weighted by molar-refractivity contribution is 5.78. The third kappa shape index (κ3) is 3.50. The number of nitrogens with zero attached hydrogens (tertiary/aromatic N) is 4. The van der Waals surface area contributed by atoms with Crippen LogP contribution in [0.2, 0.25) is 0 Å². The zero-order valence-corrected chi connectivity index (χ0v) is 14.4. The van der Waals surface area contributed by atoms with Gasteiger partial charge in [0.05, 0.1) is 11.7 Å². The molecule has 2 rings (SSSR count). The highest BCUT2D eigenvalue weighted by Gasteiger charge is 2.30. The van der Waals surface area contributed by atoms with E-state index in [9.17, 15) is 4.79 Å². The van der Waals surface area contributed by atoms with E-state index in [-0.39, 0.29) is 18.6 Å². The second kappa shape index (κ2) is 7.24. The molecule has 0 saturated carbocycles. The van der Waals surface area contributed by atoms with E-state index in [1.807, 2.05) is 24.9 Å². The van der Waals surface area contributed by atoms with Crippen LogP contribution in [0.25, 0.3) is 0 Å². The number of fused-ring (bicyclic) bond motifs is 1. The van der Waals surface area contributed by atoms with Gasteiger partial charge < -0.3 is 14.2 Å². The van der Waals surface area contributed by atoms with E-state index in [0.29, 0.717) is 12.6 Å². The Labute approximate surface area is 133 Å². The van der Waals surface area contributed by atoms with Crippen LogP contribution in [0.3, 0.4) is 0 Å². The van der Waals surface area contributed by atoms with Gasteiger partial charge in [-0.15, -0.1) is 0 Å². The maximum absolute atomic E-state index is 12.2. The van der Waals surface area contributed by atoms with Gasteiger partial charge in [-0.1, -0.05) is 0 Å². The number of ether oxygens (including phenoxy) is 1. The van der Waals surface area contributed by atoms with E-state index in [4.69, 9.17) is 4.74 Å². The summed E-state index contributed by atoms with van der Waals surface area (Å²) in [5, 5.41) is 0. The number of hydrogen-bond acceptors (Lipinski definition) is 4. The molecule has 0 saturated heterocycles. The van der Waals surface area contributed by atoms with Crippen molar-refractivity contribution >= 4 is 5.91 Å². The van der Waals surface area contributed by atoms with E-state index >= 15 is 0 Å². The molecule has 1 unspecified atom stereocenters. The molecule has 1 aromatic heterocycles. The zero-order valence-electron chi connectivity index (χ0n) is 14.4. The molecular formula is C16H28N4O2. The quantitative estimate of drug-likeness (QED) is 0.802. The lowest BCUT2D eigenvalue weighted by Crippen LogP contribution is -2.43. The molecule has 6 nitrogen and oxygen atoms in total. The average Bonchev–Trinajstić information content (AvgIpc) is 2.89. The van der Waals surface area contributed by atoms with Crippen molar-refractivity contribution in [1.29, 1.82) is 0 Å². The molecule has 0 aliphatic carbocycles. The standard InChI is InChI=1S/C16H28N4O2/c1-6-22-11-15(21)19-7-8-20-14(10-18(5)12(2)3)9-17-16(20)13(19)4/h9,12-13H,6-8,10-11H2,1-5H3. The van der Waals surface area contributed by atoms with E-state index in [1.54, 1.807) is 0 Å². The Hall–Kier alpha value is -1.40. The van der Waals surface area contributed by atoms with Crippen LogP contribution >= 0.6 is 0 Å². The predicted molar refractivity (Wildman–Crippen MR) is 85.5 cm³/mol. The molecule has 1 aromatic rings. The number of imidazole rings is 1. The fourth-order valence-electron chi connectivity index (χ4n) is 2.74. The summed E-state index contributed by atoms with van der Waals surface area (Å²) >= 11 is 0. The summed E-state index contributed by atoms with van der Waals surface area (Å²) in [6, 6.07) is 0.497. The topological polar surface area (TPSA) is 50.6 Å². The second-order valence-corrected chi connectivity index (χ2v) is 6.17. The van der Waals surface area contributed by atoms with Crippen LogP contribution in [0.1, 0.15) is 45.3 Å². The van der Waals surface area contributed by atoms with E-state index in [1.165, 1.54) is 5.69 Å². The van der Waals surface area contributed by atoms with Crippen molar-refractivity contribution in [2.45, 2.75) is 52.9 Å². The Morgan fingerprint density at radius 3 is 2.86 bits per heavy atom. The SMILES string of the molecule is CCOCC(=O)N1CCn2c(CN(C)C(C)C)cnc2C1C. The molecule has 1 aliphatic heterocycles. The van der Waals surface area contributed by atoms with Gasteiger partial charge in [0.2, 0.25) is 5.91 Å². The van der Waals surface area contributed by atoms with Crippen LogP contribution in [0.15, 0.2) is 6.20 Å². The van der Waals surface area contributed by atoms with Crippen molar-refractivity contribution in [2.75, 3.05) is 26.8 Å². The Balaban J connectivity index is 2.10. The summed E-state index contributed by atoms with van der Waals surface area (Å²) in [5.41, 5.74) is 1.22. The molecule has 1 aliphatic rings. The summed E-state index contributed by atoms with van der Waals surface area (Å²) in [7, 11) is 2.12. The largest absolute Gasteiger partial charge is 0.372 e. The first kappa shape index (κ1) is 17.0. The van der Waals surface area contributed by atoms with Gasteiger partial charge >= 0.3 is 0 Å². The van der Waals surface area contributed by atoms with Crippen LogP contribution in [-0.4, -0.2) is 58.1 Å². The molecule has 1 atom stereocenters. The second-order valence-electron chi connectivity index (χ2n) is 6.17. The van der Waals surface area contributed by atoms with Crippen molar-refractivity contribution in [3.8, 4) is 0 Å². The molecule has 0 radical (unpaired) electrons. The summed E-state index contributed by atoms with van der Waals surface area (Å²) in [6.45, 7) is 11.4. The maximum atomic E-state index is 12.2. The number of hydrogen-bond donors (Lipinski definition) is 0. The molecule has 0 N–H and O–H groups in total. The van der Waals surface area contributed by atoms with Crippen molar-refractivity contribution in [3.05, 3.63) is 17.7 Å². The summed E-state index contributed by atoms with van der Waals surface area (Å²) in [4.78, 5) is 20.9. The number of amides is 1. The Kier molecular flexibility index (Phi) is 5.58. The number of rotatable bonds is 6. The lowest BCUT2D eigenvalue weighted by atomic mass is 10.2. The summed E-state index contributed by atoms with van der Waals surface area (Å²) < 4.78 is 7.50. The summed E-state index contributed by atoms with van der Waals surface area (Å²) in [6.07, 6.45) is 1.95. The van der Waals surface area contributed by atoms with Gasteiger partial charge in [0.15, 0.2) is 0 Å². The first-order valence-electron chi connectivity index (χ1n) is 8.07. The van der Waals surface area contributed by atoms with E-state index in [2.05, 4.69) is 35.3 Å². The Morgan fingerprint density at radius 1 is 1.50 bits per heavy atom. The third-order valence-electron chi connectivity index (χ3n) is 4.42. The van der Waals surface area contributed by atoms with Gasteiger partial charge in [-0.3, -0.25) is 9.69 Å². The molecular weight excluding hydrogens is 280 g/mol. The molecule has 124 valence electrons. The van der Waals surface area contributed by atoms with Crippen molar-refractivity contribution in [1.82, 2.24) is 19.4 Å². The first-order chi connectivity index (χ1) is 10.5. The van der Waals surface area contributed by atoms with Crippen LogP contribution in [-0.2, 0) is 22.6 Å². The highest BCUT2D eigenvalue weighted by Crippen LogP contribution is 2.26. The predicted octanol–water partition coefficient (Wildman–Crippen LogP) is 1.66. The van der Waals surface area contributed by atoms with Crippen LogP contribution in [0.4, 0.5) is 0 Å². The molecule has 0 bridgehead atoms. The van der Waals surface area contributed by atoms with E-state index < -0.39 is 0 Å². The first-order valence-corrected chi connectivity index (χ1v) is 8.07. The minimum absolute atomic E-state index is 0.000174. The Bertz CT molecular complexity index is 512. The average molecular weight is 308 g/mol. The lowest BCUT2D eigenvalue weighted by Gasteiger charge is -2.34. The van der Waals surface area contributed by atoms with Gasteiger partial charge in [0, 0.05) is 38.5 Å². The molecule has 6 heteroatoms. The minimum atomic E-state index is -0.000174. The number of aromatic nitrogens is 2. The number of carbonyl (C=O) groups excluding carboxylic acids is 1.